The first-order chi connectivity index (χ1) is 28.8. The van der Waals surface area contributed by atoms with E-state index in [1.807, 2.05) is 0 Å². The molecule has 1 aliphatic rings. The summed E-state index contributed by atoms with van der Waals surface area (Å²) in [6, 6.07) is -0.183. The lowest BCUT2D eigenvalue weighted by Gasteiger charge is -2.50. The highest BCUT2D eigenvalue weighted by molar-refractivity contribution is 6.94. The number of esters is 7. The van der Waals surface area contributed by atoms with Crippen LogP contribution in [0.4, 0.5) is 0 Å². The third kappa shape index (κ3) is 27.1. The van der Waals surface area contributed by atoms with E-state index >= 15 is 0 Å². The summed E-state index contributed by atoms with van der Waals surface area (Å²) in [5.74, 6) is -5.66. The van der Waals surface area contributed by atoms with Crippen LogP contribution in [-0.2, 0) is 93.0 Å². The molecule has 0 amide bonds. The van der Waals surface area contributed by atoms with E-state index in [0.717, 1.165) is 0 Å². The second-order valence-corrected chi connectivity index (χ2v) is 34.1. The van der Waals surface area contributed by atoms with Crippen molar-refractivity contribution in [3.8, 4) is 0 Å². The molecule has 1 aliphatic heterocycles. The first-order valence-electron chi connectivity index (χ1n) is 21.0. The topological polar surface area (TPSA) is 239 Å². The summed E-state index contributed by atoms with van der Waals surface area (Å²) in [7, 11) is -14.7. The fraction of sp³-hybridized carbons (Fsp3) is 0.775. The van der Waals surface area contributed by atoms with Crippen molar-refractivity contribution in [3.63, 3.8) is 0 Å². The maximum absolute atomic E-state index is 13.1. The van der Waals surface area contributed by atoms with Crippen molar-refractivity contribution in [2.75, 3.05) is 19.8 Å². The Morgan fingerprint density at radius 3 is 0.891 bits per heavy atom. The summed E-state index contributed by atoms with van der Waals surface area (Å²) in [5, 5.41) is 0. The molecule has 0 aliphatic carbocycles. The molecule has 0 aromatic heterocycles. The SMILES string of the molecule is C=C(OOC(C)(C)C)OC(=O)CC[Si]1(C)O[Si](C)(CCC(=O)OCC(=O)OC(C)(C)C)O[Si](C)(CCC(=O)OCC(=O)OC(C)(C)C)O[Si](C)(CCC(=O)OCC(=O)OC(C)(C)C)O1. The second-order valence-electron chi connectivity index (χ2n) is 19.8. The van der Waals surface area contributed by atoms with Crippen LogP contribution in [0.5, 0.6) is 0 Å². The largest absolute Gasteiger partial charge is 0.457 e. The van der Waals surface area contributed by atoms with Gasteiger partial charge in [-0.3, -0.25) is 24.1 Å². The average molecular weight is 985 g/mol. The van der Waals surface area contributed by atoms with Crippen molar-refractivity contribution < 1.29 is 93.0 Å². The predicted octanol–water partition coefficient (Wildman–Crippen LogP) is 6.33. The Hall–Kier alpha value is -3.50. The lowest BCUT2D eigenvalue weighted by atomic mass is 10.2. The Morgan fingerprint density at radius 2 is 0.656 bits per heavy atom. The maximum atomic E-state index is 13.1. The van der Waals surface area contributed by atoms with E-state index in [-0.39, 0.29) is 49.9 Å². The first kappa shape index (κ1) is 58.5. The minimum atomic E-state index is -3.68. The van der Waals surface area contributed by atoms with Crippen molar-refractivity contribution in [2.24, 2.45) is 0 Å². The Bertz CT molecular complexity index is 1590. The smallest absolute Gasteiger partial charge is 0.344 e. The normalized spacial score (nSPS) is 23.0. The maximum Gasteiger partial charge on any atom is 0.344 e. The first-order valence-corrected chi connectivity index (χ1v) is 31.1. The van der Waals surface area contributed by atoms with Gasteiger partial charge < -0.3 is 49.6 Å². The summed E-state index contributed by atoms with van der Waals surface area (Å²) in [6.07, 6.45) is -1.10. The van der Waals surface area contributed by atoms with Gasteiger partial charge in [-0.15, -0.1) is 0 Å². The van der Waals surface area contributed by atoms with E-state index < -0.39 is 124 Å². The van der Waals surface area contributed by atoms with Crippen molar-refractivity contribution in [3.05, 3.63) is 12.5 Å². The summed E-state index contributed by atoms with van der Waals surface area (Å²) in [6.45, 7) is 28.6. The van der Waals surface area contributed by atoms with Crippen LogP contribution in [0.2, 0.25) is 50.4 Å². The quantitative estimate of drug-likeness (QED) is 0.0305. The number of carbonyl (C=O) groups is 7. The third-order valence-corrected chi connectivity index (χ3v) is 26.2. The Morgan fingerprint density at radius 1 is 0.406 bits per heavy atom. The van der Waals surface area contributed by atoms with Crippen LogP contribution >= 0.6 is 0 Å². The molecular formula is C40H72O20Si4. The highest BCUT2D eigenvalue weighted by Gasteiger charge is 2.57. The lowest BCUT2D eigenvalue weighted by Crippen LogP contribution is -2.67. The molecule has 0 aromatic rings. The van der Waals surface area contributed by atoms with Crippen LogP contribution in [0.25, 0.3) is 0 Å². The zero-order chi connectivity index (χ0) is 49.6. The molecule has 0 radical (unpaired) electrons. The van der Waals surface area contributed by atoms with Crippen LogP contribution in [0.3, 0.4) is 0 Å². The zero-order valence-corrected chi connectivity index (χ0v) is 44.7. The van der Waals surface area contributed by atoms with Gasteiger partial charge in [-0.25, -0.2) is 14.4 Å². The number of carbonyl (C=O) groups excluding carboxylic acids is 7. The number of hydrogen-bond acceptors (Lipinski definition) is 20. The van der Waals surface area contributed by atoms with Gasteiger partial charge in [-0.2, -0.15) is 4.89 Å². The molecule has 0 bridgehead atoms. The molecule has 64 heavy (non-hydrogen) atoms. The van der Waals surface area contributed by atoms with Crippen LogP contribution in [-0.4, -0.2) is 118 Å². The fourth-order valence-electron chi connectivity index (χ4n) is 5.75. The van der Waals surface area contributed by atoms with Gasteiger partial charge in [-0.1, -0.05) is 0 Å². The molecule has 368 valence electrons. The van der Waals surface area contributed by atoms with Gasteiger partial charge in [0.1, 0.15) is 22.4 Å². The molecule has 1 saturated heterocycles. The van der Waals surface area contributed by atoms with Gasteiger partial charge in [0.2, 0.25) is 0 Å². The average Bonchev–Trinajstić information content (AvgIpc) is 3.08. The highest BCUT2D eigenvalue weighted by Crippen LogP contribution is 2.39. The molecule has 1 fully saturated rings. The summed E-state index contributed by atoms with van der Waals surface area (Å²) in [4.78, 5) is 99.2. The molecule has 1 heterocycles. The lowest BCUT2D eigenvalue weighted by molar-refractivity contribution is -0.340. The minimum absolute atomic E-state index is 0.0431. The van der Waals surface area contributed by atoms with Gasteiger partial charge in [0.05, 0.1) is 0 Å². The molecule has 1 rings (SSSR count). The zero-order valence-electron chi connectivity index (χ0n) is 40.7. The van der Waals surface area contributed by atoms with E-state index in [9.17, 15) is 33.6 Å². The molecule has 2 unspecified atom stereocenters. The molecule has 0 saturated carbocycles. The third-order valence-electron chi connectivity index (χ3n) is 7.79. The van der Waals surface area contributed by atoms with E-state index in [0.29, 0.717) is 0 Å². The highest BCUT2D eigenvalue weighted by atomic mass is 28.5. The van der Waals surface area contributed by atoms with Gasteiger partial charge in [-0.05, 0) is 116 Å². The van der Waals surface area contributed by atoms with Crippen LogP contribution in [0.1, 0.15) is 109 Å². The van der Waals surface area contributed by atoms with E-state index in [2.05, 4.69) is 6.58 Å². The fourth-order valence-corrected chi connectivity index (χ4v) is 28.4. The Kier molecular flexibility index (Phi) is 21.8. The van der Waals surface area contributed by atoms with Gasteiger partial charge in [0, 0.05) is 49.9 Å². The molecular weight excluding hydrogens is 913 g/mol. The Balaban J connectivity index is 3.54. The standard InChI is InChI=1S/C40H72O20Si4/c1-29(55-56-40(11,12)13)51-33(44)21-25-64(17)59-62(15,23-19-31(42)49-27-35(46)53-38(5,6)7)57-61(14,22-18-30(41)48-26-34(45)52-37(2,3)4)58-63(16,60-64)24-20-32(43)50-28-36(47)54-39(8,9)10/h1,18-28H2,2-17H3. The van der Waals surface area contributed by atoms with Crippen LogP contribution < -0.4 is 0 Å². The van der Waals surface area contributed by atoms with Crippen molar-refractivity contribution in [2.45, 2.75) is 182 Å². The van der Waals surface area contributed by atoms with E-state index in [1.54, 1.807) is 109 Å². The van der Waals surface area contributed by atoms with Gasteiger partial charge in [0.15, 0.2) is 19.8 Å². The monoisotopic (exact) mass is 984 g/mol. The van der Waals surface area contributed by atoms with E-state index in [4.69, 9.17) is 59.4 Å². The summed E-state index contributed by atoms with van der Waals surface area (Å²) < 4.78 is 64.1. The van der Waals surface area contributed by atoms with E-state index in [1.165, 1.54) is 0 Å². The van der Waals surface area contributed by atoms with Gasteiger partial charge in [0.25, 0.3) is 0 Å². The predicted molar refractivity (Wildman–Crippen MR) is 236 cm³/mol. The minimum Gasteiger partial charge on any atom is -0.457 e. The molecule has 0 N–H and O–H groups in total. The molecule has 0 aromatic carbocycles. The van der Waals surface area contributed by atoms with Crippen molar-refractivity contribution in [1.29, 1.82) is 0 Å². The van der Waals surface area contributed by atoms with Crippen molar-refractivity contribution in [1.82, 2.24) is 0 Å². The molecule has 0 spiro atoms. The van der Waals surface area contributed by atoms with Crippen LogP contribution in [0, 0.1) is 0 Å². The molecule has 24 heteroatoms. The van der Waals surface area contributed by atoms with Gasteiger partial charge >= 0.3 is 82.0 Å². The second kappa shape index (κ2) is 23.8. The number of ether oxygens (including phenoxy) is 7. The summed E-state index contributed by atoms with van der Waals surface area (Å²) in [5.41, 5.74) is -3.15. The number of hydrogen-bond donors (Lipinski definition) is 0. The Labute approximate surface area is 381 Å². The summed E-state index contributed by atoms with van der Waals surface area (Å²) >= 11 is 0. The van der Waals surface area contributed by atoms with Crippen molar-refractivity contribution >= 4 is 76.0 Å². The molecule has 2 atom stereocenters. The number of rotatable bonds is 21. The molecule has 20 nitrogen and oxygen atoms in total. The van der Waals surface area contributed by atoms with Crippen LogP contribution in [0.15, 0.2) is 12.5 Å².